The summed E-state index contributed by atoms with van der Waals surface area (Å²) in [4.78, 5) is 0. The van der Waals surface area contributed by atoms with E-state index in [-0.39, 0.29) is 11.1 Å². The van der Waals surface area contributed by atoms with Crippen molar-refractivity contribution in [2.45, 2.75) is 40.0 Å². The Morgan fingerprint density at radius 3 is 2.24 bits per heavy atom. The zero-order valence-electron chi connectivity index (χ0n) is 14.8. The summed E-state index contributed by atoms with van der Waals surface area (Å²) in [5, 5.41) is 0.835. The largest absolute Gasteiger partial charge is 0.490 e. The standard InChI is InChI=1S/C19H24Cl4O2/c1-13(2)5-4-6-14(3)7-9-25-19-16(20)11-15(12-17(19)21)24-10-8-18(22)23/h5,8,11-12,14H,4,6-7,9-10H2,1-3H3. The van der Waals surface area contributed by atoms with Crippen molar-refractivity contribution >= 4 is 46.4 Å². The van der Waals surface area contributed by atoms with Crippen molar-refractivity contribution in [1.82, 2.24) is 0 Å². The Morgan fingerprint density at radius 2 is 1.68 bits per heavy atom. The normalized spacial score (nSPS) is 11.6. The Balaban J connectivity index is 2.50. The number of halogens is 4. The summed E-state index contributed by atoms with van der Waals surface area (Å²) in [7, 11) is 0. The van der Waals surface area contributed by atoms with Crippen LogP contribution in [0.5, 0.6) is 11.5 Å². The van der Waals surface area contributed by atoms with Crippen LogP contribution in [0.15, 0.2) is 34.3 Å². The van der Waals surface area contributed by atoms with E-state index in [1.54, 1.807) is 12.1 Å². The van der Waals surface area contributed by atoms with Crippen LogP contribution in [0.4, 0.5) is 0 Å². The molecule has 1 aromatic carbocycles. The molecule has 0 saturated carbocycles. The minimum absolute atomic E-state index is 0.149. The van der Waals surface area contributed by atoms with E-state index in [0.717, 1.165) is 19.3 Å². The lowest BCUT2D eigenvalue weighted by atomic mass is 10.0. The predicted octanol–water partition coefficient (Wildman–Crippen LogP) is 7.84. The zero-order valence-corrected chi connectivity index (χ0v) is 17.8. The summed E-state index contributed by atoms with van der Waals surface area (Å²) in [5.41, 5.74) is 1.35. The fourth-order valence-corrected chi connectivity index (χ4v) is 2.82. The Kier molecular flexibility index (Phi) is 10.8. The summed E-state index contributed by atoms with van der Waals surface area (Å²) in [6, 6.07) is 3.33. The summed E-state index contributed by atoms with van der Waals surface area (Å²) in [5.74, 6) is 1.59. The van der Waals surface area contributed by atoms with Crippen LogP contribution in [0.1, 0.15) is 40.0 Å². The minimum atomic E-state index is 0.149. The third-order valence-electron chi connectivity index (χ3n) is 3.53. The molecule has 0 fully saturated rings. The molecule has 0 bridgehead atoms. The SMILES string of the molecule is CC(C)=CCCC(C)CCOc1c(Cl)cc(OCC=C(Cl)Cl)cc1Cl. The lowest BCUT2D eigenvalue weighted by molar-refractivity contribution is 0.279. The van der Waals surface area contributed by atoms with Crippen molar-refractivity contribution in [2.75, 3.05) is 13.2 Å². The Labute approximate surface area is 170 Å². The average Bonchev–Trinajstić information content (AvgIpc) is 2.49. The highest BCUT2D eigenvalue weighted by Gasteiger charge is 2.11. The maximum absolute atomic E-state index is 6.25. The van der Waals surface area contributed by atoms with Gasteiger partial charge in [0, 0.05) is 12.1 Å². The molecule has 0 aliphatic rings. The van der Waals surface area contributed by atoms with E-state index >= 15 is 0 Å². The van der Waals surface area contributed by atoms with E-state index in [1.807, 2.05) is 0 Å². The lowest BCUT2D eigenvalue weighted by Crippen LogP contribution is -2.05. The first-order valence-corrected chi connectivity index (χ1v) is 9.70. The quantitative estimate of drug-likeness (QED) is 0.355. The van der Waals surface area contributed by atoms with Gasteiger partial charge in [-0.1, -0.05) is 65.0 Å². The molecule has 1 rings (SSSR count). The highest BCUT2D eigenvalue weighted by atomic mass is 35.5. The van der Waals surface area contributed by atoms with Gasteiger partial charge >= 0.3 is 0 Å². The molecule has 0 aliphatic heterocycles. The number of allylic oxidation sites excluding steroid dienone is 2. The predicted molar refractivity (Wildman–Crippen MR) is 110 cm³/mol. The van der Waals surface area contributed by atoms with Crippen LogP contribution in [0.25, 0.3) is 0 Å². The lowest BCUT2D eigenvalue weighted by Gasteiger charge is -2.14. The van der Waals surface area contributed by atoms with Crippen molar-refractivity contribution in [3.05, 3.63) is 44.4 Å². The molecule has 1 unspecified atom stereocenters. The minimum Gasteiger partial charge on any atom is -0.490 e. The van der Waals surface area contributed by atoms with Crippen molar-refractivity contribution in [3.8, 4) is 11.5 Å². The average molecular weight is 426 g/mol. The van der Waals surface area contributed by atoms with E-state index in [9.17, 15) is 0 Å². The molecule has 140 valence electrons. The first-order valence-electron chi connectivity index (χ1n) is 8.18. The van der Waals surface area contributed by atoms with Crippen molar-refractivity contribution in [2.24, 2.45) is 5.92 Å². The molecular weight excluding hydrogens is 402 g/mol. The highest BCUT2D eigenvalue weighted by Crippen LogP contribution is 2.37. The van der Waals surface area contributed by atoms with Crippen LogP contribution >= 0.6 is 46.4 Å². The summed E-state index contributed by atoms with van der Waals surface area (Å²) in [6.45, 7) is 7.26. The molecule has 25 heavy (non-hydrogen) atoms. The monoisotopic (exact) mass is 424 g/mol. The topological polar surface area (TPSA) is 18.5 Å². The molecule has 0 spiro atoms. The van der Waals surface area contributed by atoms with Crippen molar-refractivity contribution in [1.29, 1.82) is 0 Å². The molecule has 0 aliphatic carbocycles. The maximum atomic E-state index is 6.25. The second-order valence-corrected chi connectivity index (χ2v) is 7.94. The number of ether oxygens (including phenoxy) is 2. The van der Waals surface area contributed by atoms with Crippen LogP contribution in [0.3, 0.4) is 0 Å². The van der Waals surface area contributed by atoms with E-state index in [2.05, 4.69) is 26.8 Å². The second-order valence-electron chi connectivity index (χ2n) is 6.12. The van der Waals surface area contributed by atoms with Gasteiger partial charge < -0.3 is 9.47 Å². The van der Waals surface area contributed by atoms with Crippen LogP contribution in [-0.2, 0) is 0 Å². The fraction of sp³-hybridized carbons (Fsp3) is 0.474. The Hall–Kier alpha value is -0.540. The number of hydrogen-bond donors (Lipinski definition) is 0. The molecule has 1 atom stereocenters. The molecule has 0 N–H and O–H groups in total. The molecule has 1 aromatic rings. The van der Waals surface area contributed by atoms with Gasteiger partial charge in [-0.25, -0.2) is 0 Å². The zero-order chi connectivity index (χ0) is 18.8. The highest BCUT2D eigenvalue weighted by molar-refractivity contribution is 6.55. The van der Waals surface area contributed by atoms with Gasteiger partial charge in [-0.05, 0) is 45.1 Å². The molecule has 0 heterocycles. The van der Waals surface area contributed by atoms with Crippen molar-refractivity contribution < 1.29 is 9.47 Å². The van der Waals surface area contributed by atoms with Crippen LogP contribution in [0, 0.1) is 5.92 Å². The Bertz CT molecular complexity index is 580. The van der Waals surface area contributed by atoms with Crippen LogP contribution < -0.4 is 9.47 Å². The smallest absolute Gasteiger partial charge is 0.156 e. The van der Waals surface area contributed by atoms with Gasteiger partial charge in [0.05, 0.1) is 16.7 Å². The first-order chi connectivity index (χ1) is 11.8. The number of benzene rings is 1. The molecule has 0 radical (unpaired) electrons. The van der Waals surface area contributed by atoms with Crippen LogP contribution in [-0.4, -0.2) is 13.2 Å². The van der Waals surface area contributed by atoms with Gasteiger partial charge in [0.2, 0.25) is 0 Å². The molecule has 0 saturated heterocycles. The van der Waals surface area contributed by atoms with E-state index in [1.165, 1.54) is 11.6 Å². The third kappa shape index (κ3) is 9.65. The van der Waals surface area contributed by atoms with Gasteiger partial charge in [-0.15, -0.1) is 0 Å². The van der Waals surface area contributed by atoms with Crippen LogP contribution in [0.2, 0.25) is 10.0 Å². The molecule has 2 nitrogen and oxygen atoms in total. The van der Waals surface area contributed by atoms with Gasteiger partial charge in [-0.2, -0.15) is 0 Å². The maximum Gasteiger partial charge on any atom is 0.156 e. The molecule has 0 aromatic heterocycles. The van der Waals surface area contributed by atoms with E-state index < -0.39 is 0 Å². The van der Waals surface area contributed by atoms with Crippen molar-refractivity contribution in [3.63, 3.8) is 0 Å². The second kappa shape index (κ2) is 12.0. The Morgan fingerprint density at radius 1 is 1.04 bits per heavy atom. The van der Waals surface area contributed by atoms with E-state index in [4.69, 9.17) is 55.9 Å². The summed E-state index contributed by atoms with van der Waals surface area (Å²) >= 11 is 23.6. The molecule has 6 heteroatoms. The third-order valence-corrected chi connectivity index (χ3v) is 4.40. The molecule has 0 amide bonds. The number of rotatable bonds is 10. The van der Waals surface area contributed by atoms with E-state index in [0.29, 0.717) is 34.1 Å². The van der Waals surface area contributed by atoms with Gasteiger partial charge in [0.25, 0.3) is 0 Å². The number of hydrogen-bond acceptors (Lipinski definition) is 2. The first kappa shape index (κ1) is 22.5. The van der Waals surface area contributed by atoms with Gasteiger partial charge in [-0.3, -0.25) is 0 Å². The molecular formula is C19H24Cl4O2. The fourth-order valence-electron chi connectivity index (χ4n) is 2.12. The van der Waals surface area contributed by atoms with Gasteiger partial charge in [0.1, 0.15) is 16.8 Å². The summed E-state index contributed by atoms with van der Waals surface area (Å²) in [6.07, 6.45) is 6.97. The summed E-state index contributed by atoms with van der Waals surface area (Å²) < 4.78 is 11.4. The van der Waals surface area contributed by atoms with Gasteiger partial charge in [0.15, 0.2) is 5.75 Å².